The molecule has 3 N–H and O–H groups in total. The van der Waals surface area contributed by atoms with Gasteiger partial charge < -0.3 is 9.47 Å². The highest BCUT2D eigenvalue weighted by atomic mass is 32.2. The van der Waals surface area contributed by atoms with Gasteiger partial charge in [-0.25, -0.2) is 13.1 Å². The van der Waals surface area contributed by atoms with E-state index in [1.807, 2.05) is 0 Å². The molecule has 0 radical (unpaired) electrons. The molecule has 1 heterocycles. The van der Waals surface area contributed by atoms with Gasteiger partial charge in [0.25, 0.3) is 5.91 Å². The SMILES string of the molecule is O=C(NNc1ccc(S(=O)(=O)NC2CC2)cc1)c1ccc2c(c1)OCCCO2. The van der Waals surface area contributed by atoms with Gasteiger partial charge in [0.15, 0.2) is 11.5 Å². The smallest absolute Gasteiger partial charge is 0.269 e. The van der Waals surface area contributed by atoms with E-state index < -0.39 is 10.0 Å². The molecule has 1 aliphatic heterocycles. The lowest BCUT2D eigenvalue weighted by atomic mass is 10.2. The fourth-order valence-corrected chi connectivity index (χ4v) is 4.02. The summed E-state index contributed by atoms with van der Waals surface area (Å²) in [6.45, 7) is 1.13. The van der Waals surface area contributed by atoms with E-state index in [9.17, 15) is 13.2 Å². The topological polar surface area (TPSA) is 106 Å². The van der Waals surface area contributed by atoms with E-state index >= 15 is 0 Å². The van der Waals surface area contributed by atoms with Crippen molar-refractivity contribution in [2.75, 3.05) is 18.6 Å². The summed E-state index contributed by atoms with van der Waals surface area (Å²) in [4.78, 5) is 12.6. The molecule has 0 bridgehead atoms. The highest BCUT2D eigenvalue weighted by molar-refractivity contribution is 7.89. The highest BCUT2D eigenvalue weighted by Crippen LogP contribution is 2.30. The summed E-state index contributed by atoms with van der Waals surface area (Å²) in [5, 5.41) is 0. The van der Waals surface area contributed by atoms with Crippen molar-refractivity contribution < 1.29 is 22.7 Å². The van der Waals surface area contributed by atoms with Gasteiger partial charge in [0.05, 0.1) is 23.8 Å². The van der Waals surface area contributed by atoms with Crippen molar-refractivity contribution >= 4 is 21.6 Å². The first-order valence-electron chi connectivity index (χ1n) is 9.10. The van der Waals surface area contributed by atoms with Crippen LogP contribution in [0.5, 0.6) is 11.5 Å². The number of hydrazine groups is 1. The quantitative estimate of drug-likeness (QED) is 0.638. The van der Waals surface area contributed by atoms with Crippen molar-refractivity contribution in [3.05, 3.63) is 48.0 Å². The molecule has 1 amide bonds. The monoisotopic (exact) mass is 403 g/mol. The van der Waals surface area contributed by atoms with Gasteiger partial charge in [0, 0.05) is 18.0 Å². The van der Waals surface area contributed by atoms with E-state index in [0.717, 1.165) is 19.3 Å². The number of carbonyl (C=O) groups is 1. The summed E-state index contributed by atoms with van der Waals surface area (Å²) in [6.07, 6.45) is 2.55. The lowest BCUT2D eigenvalue weighted by Crippen LogP contribution is -2.29. The number of rotatable bonds is 6. The highest BCUT2D eigenvalue weighted by Gasteiger charge is 2.27. The van der Waals surface area contributed by atoms with Crippen LogP contribution in [0.25, 0.3) is 0 Å². The predicted molar refractivity (Wildman–Crippen MR) is 103 cm³/mol. The van der Waals surface area contributed by atoms with Crippen LogP contribution >= 0.6 is 0 Å². The van der Waals surface area contributed by atoms with Crippen molar-refractivity contribution in [3.63, 3.8) is 0 Å². The van der Waals surface area contributed by atoms with Gasteiger partial charge >= 0.3 is 0 Å². The molecular weight excluding hydrogens is 382 g/mol. The molecule has 1 aliphatic carbocycles. The third-order valence-electron chi connectivity index (χ3n) is 4.39. The Hall–Kier alpha value is -2.78. The average molecular weight is 403 g/mol. The van der Waals surface area contributed by atoms with E-state index in [0.29, 0.717) is 36.0 Å². The molecule has 1 saturated carbocycles. The third-order valence-corrected chi connectivity index (χ3v) is 5.93. The second kappa shape index (κ2) is 7.69. The molecule has 0 unspecified atom stereocenters. The minimum Gasteiger partial charge on any atom is -0.490 e. The fraction of sp³-hybridized carbons (Fsp3) is 0.316. The minimum atomic E-state index is -3.49. The molecule has 2 aromatic rings. The third kappa shape index (κ3) is 4.37. The maximum Gasteiger partial charge on any atom is 0.269 e. The van der Waals surface area contributed by atoms with Gasteiger partial charge in [-0.05, 0) is 55.3 Å². The van der Waals surface area contributed by atoms with Crippen molar-refractivity contribution in [2.24, 2.45) is 0 Å². The van der Waals surface area contributed by atoms with Crippen LogP contribution in [-0.2, 0) is 10.0 Å². The number of hydrogen-bond acceptors (Lipinski definition) is 6. The maximum atomic E-state index is 12.4. The number of benzene rings is 2. The molecule has 8 nitrogen and oxygen atoms in total. The Morgan fingerprint density at radius 1 is 0.964 bits per heavy atom. The van der Waals surface area contributed by atoms with Crippen LogP contribution in [0.1, 0.15) is 29.6 Å². The van der Waals surface area contributed by atoms with Gasteiger partial charge in [-0.3, -0.25) is 15.6 Å². The summed E-state index contributed by atoms with van der Waals surface area (Å²) in [5.74, 6) is 0.823. The second-order valence-corrected chi connectivity index (χ2v) is 8.43. The zero-order valence-electron chi connectivity index (χ0n) is 15.1. The number of carbonyl (C=O) groups excluding carboxylic acids is 1. The molecule has 2 aromatic carbocycles. The molecule has 2 aliphatic rings. The Labute approximate surface area is 163 Å². The minimum absolute atomic E-state index is 0.0531. The van der Waals surface area contributed by atoms with Crippen molar-refractivity contribution in [1.29, 1.82) is 0 Å². The lowest BCUT2D eigenvalue weighted by molar-refractivity contribution is 0.0962. The first-order chi connectivity index (χ1) is 13.5. The molecule has 0 spiro atoms. The second-order valence-electron chi connectivity index (χ2n) is 6.71. The number of amides is 1. The zero-order chi connectivity index (χ0) is 19.6. The van der Waals surface area contributed by atoms with Crippen LogP contribution in [0.15, 0.2) is 47.4 Å². The van der Waals surface area contributed by atoms with Gasteiger partial charge in [-0.2, -0.15) is 0 Å². The normalized spacial score (nSPS) is 16.1. The van der Waals surface area contributed by atoms with Crippen LogP contribution in [0.2, 0.25) is 0 Å². The Kier molecular flexibility index (Phi) is 5.10. The van der Waals surface area contributed by atoms with Gasteiger partial charge in [-0.15, -0.1) is 0 Å². The van der Waals surface area contributed by atoms with Crippen LogP contribution in [0.4, 0.5) is 5.69 Å². The van der Waals surface area contributed by atoms with E-state index in [1.54, 1.807) is 30.3 Å². The Morgan fingerprint density at radius 3 is 2.39 bits per heavy atom. The van der Waals surface area contributed by atoms with Crippen molar-refractivity contribution in [1.82, 2.24) is 10.1 Å². The van der Waals surface area contributed by atoms with E-state index in [4.69, 9.17) is 9.47 Å². The summed E-state index contributed by atoms with van der Waals surface area (Å²) >= 11 is 0. The number of ether oxygens (including phenoxy) is 2. The fourth-order valence-electron chi connectivity index (χ4n) is 2.71. The van der Waals surface area contributed by atoms with Crippen LogP contribution in [-0.4, -0.2) is 33.6 Å². The molecule has 1 fully saturated rings. The molecule has 9 heteroatoms. The standard InChI is InChI=1S/C19H21N3O5S/c23-19(13-2-9-17-18(12-13)27-11-1-10-26-17)21-20-14-5-7-16(8-6-14)28(24,25)22-15-3-4-15/h2,5-9,12,15,20,22H,1,3-4,10-11H2,(H,21,23). The number of fused-ring (bicyclic) bond motifs is 1. The Morgan fingerprint density at radius 2 is 1.68 bits per heavy atom. The van der Waals surface area contributed by atoms with E-state index in [2.05, 4.69) is 15.6 Å². The first kappa shape index (κ1) is 18.6. The molecule has 148 valence electrons. The number of hydrogen-bond donors (Lipinski definition) is 3. The van der Waals surface area contributed by atoms with Gasteiger partial charge in [-0.1, -0.05) is 0 Å². The van der Waals surface area contributed by atoms with E-state index in [-0.39, 0.29) is 16.8 Å². The summed E-state index contributed by atoms with van der Waals surface area (Å²) in [6, 6.07) is 11.2. The molecule has 0 aromatic heterocycles. The lowest BCUT2D eigenvalue weighted by Gasteiger charge is -2.12. The van der Waals surface area contributed by atoms with E-state index in [1.165, 1.54) is 12.1 Å². The largest absolute Gasteiger partial charge is 0.490 e. The number of nitrogens with one attached hydrogen (secondary N) is 3. The summed E-state index contributed by atoms with van der Waals surface area (Å²) < 4.78 is 38.1. The van der Waals surface area contributed by atoms with Crippen molar-refractivity contribution in [3.8, 4) is 11.5 Å². The molecular formula is C19H21N3O5S. The van der Waals surface area contributed by atoms with Crippen molar-refractivity contribution in [2.45, 2.75) is 30.2 Å². The Balaban J connectivity index is 1.37. The maximum absolute atomic E-state index is 12.4. The van der Waals surface area contributed by atoms with Crippen LogP contribution in [0, 0.1) is 0 Å². The zero-order valence-corrected chi connectivity index (χ0v) is 15.9. The summed E-state index contributed by atoms with van der Waals surface area (Å²) in [5.41, 5.74) is 6.35. The molecule has 4 rings (SSSR count). The predicted octanol–water partition coefficient (Wildman–Crippen LogP) is 2.05. The number of sulfonamides is 1. The molecule has 28 heavy (non-hydrogen) atoms. The molecule has 0 saturated heterocycles. The van der Waals surface area contributed by atoms with Crippen LogP contribution in [0.3, 0.4) is 0 Å². The van der Waals surface area contributed by atoms with Crippen LogP contribution < -0.4 is 25.0 Å². The first-order valence-corrected chi connectivity index (χ1v) is 10.6. The van der Waals surface area contributed by atoms with Gasteiger partial charge in [0.1, 0.15) is 0 Å². The molecule has 0 atom stereocenters. The Bertz CT molecular complexity index is 972. The number of anilines is 1. The van der Waals surface area contributed by atoms with Gasteiger partial charge in [0.2, 0.25) is 10.0 Å². The average Bonchev–Trinajstić information content (AvgIpc) is 3.52. The summed E-state index contributed by atoms with van der Waals surface area (Å²) in [7, 11) is -3.49.